The van der Waals surface area contributed by atoms with Gasteiger partial charge in [0.25, 0.3) is 11.6 Å². The Hall–Kier alpha value is -3.48. The number of hydrogen-bond acceptors (Lipinski definition) is 5. The molecule has 1 N–H and O–H groups in total. The second-order valence-corrected chi connectivity index (χ2v) is 6.95. The van der Waals surface area contributed by atoms with Gasteiger partial charge >= 0.3 is 5.97 Å². The molecule has 0 aliphatic heterocycles. The van der Waals surface area contributed by atoms with E-state index in [2.05, 4.69) is 19.2 Å². The molecule has 0 saturated carbocycles. The molecule has 1 amide bonds. The lowest BCUT2D eigenvalue weighted by Gasteiger charge is -2.21. The molecule has 0 unspecified atom stereocenters. The van der Waals surface area contributed by atoms with E-state index < -0.39 is 10.9 Å². The van der Waals surface area contributed by atoms with E-state index in [-0.39, 0.29) is 24.2 Å². The standard InChI is InChI=1S/C22H24N2O5/c1-16(2)14-20(18-6-4-3-5-7-18)23-21(25)15-29-22(26)13-10-17-8-11-19(12-9-17)24(27)28/h3-13,16,20H,14-15H2,1-2H3,(H,23,25)/b13-10+/t20-/m1/s1. The number of ether oxygens (including phenoxy) is 1. The van der Waals surface area contributed by atoms with Crippen molar-refractivity contribution >= 4 is 23.6 Å². The predicted octanol–water partition coefficient (Wildman–Crippen LogP) is 4.05. The van der Waals surface area contributed by atoms with Crippen LogP contribution in [0.15, 0.2) is 60.7 Å². The quantitative estimate of drug-likeness (QED) is 0.298. The van der Waals surface area contributed by atoms with Crippen LogP contribution in [0.1, 0.15) is 37.4 Å². The van der Waals surface area contributed by atoms with E-state index in [1.54, 1.807) is 0 Å². The molecule has 2 aromatic rings. The number of benzene rings is 2. The number of non-ortho nitro benzene ring substituents is 1. The number of nitrogens with zero attached hydrogens (tertiary/aromatic N) is 1. The maximum Gasteiger partial charge on any atom is 0.331 e. The van der Waals surface area contributed by atoms with Crippen LogP contribution >= 0.6 is 0 Å². The van der Waals surface area contributed by atoms with Crippen molar-refractivity contribution in [3.8, 4) is 0 Å². The maximum atomic E-state index is 12.2. The van der Waals surface area contributed by atoms with Crippen LogP contribution in [0.4, 0.5) is 5.69 Å². The normalized spacial score (nSPS) is 12.0. The molecule has 2 aromatic carbocycles. The number of amides is 1. The van der Waals surface area contributed by atoms with Gasteiger partial charge in [0, 0.05) is 18.2 Å². The summed E-state index contributed by atoms with van der Waals surface area (Å²) < 4.78 is 4.98. The zero-order chi connectivity index (χ0) is 21.2. The number of nitro groups is 1. The Morgan fingerprint density at radius 3 is 2.34 bits per heavy atom. The van der Waals surface area contributed by atoms with Gasteiger partial charge in [0.1, 0.15) is 0 Å². The number of carbonyl (C=O) groups excluding carboxylic acids is 2. The monoisotopic (exact) mass is 396 g/mol. The minimum atomic E-state index is -0.668. The minimum absolute atomic E-state index is 0.0317. The van der Waals surface area contributed by atoms with Gasteiger partial charge in [-0.3, -0.25) is 14.9 Å². The highest BCUT2D eigenvalue weighted by Crippen LogP contribution is 2.21. The van der Waals surface area contributed by atoms with Crippen LogP contribution in [-0.4, -0.2) is 23.4 Å². The van der Waals surface area contributed by atoms with Gasteiger partial charge in [-0.1, -0.05) is 44.2 Å². The number of rotatable bonds is 9. The van der Waals surface area contributed by atoms with Crippen molar-refractivity contribution in [3.05, 3.63) is 81.9 Å². The molecule has 0 fully saturated rings. The van der Waals surface area contributed by atoms with Crippen LogP contribution in [0, 0.1) is 16.0 Å². The summed E-state index contributed by atoms with van der Waals surface area (Å²) in [7, 11) is 0. The maximum absolute atomic E-state index is 12.2. The summed E-state index contributed by atoms with van der Waals surface area (Å²) in [6.45, 7) is 3.76. The van der Waals surface area contributed by atoms with Crippen molar-refractivity contribution in [3.63, 3.8) is 0 Å². The Bertz CT molecular complexity index is 861. The van der Waals surface area contributed by atoms with Gasteiger partial charge in [-0.25, -0.2) is 4.79 Å². The summed E-state index contributed by atoms with van der Waals surface area (Å²) >= 11 is 0. The fourth-order valence-electron chi connectivity index (χ4n) is 2.73. The molecule has 0 bridgehead atoms. The van der Waals surface area contributed by atoms with Gasteiger partial charge < -0.3 is 10.1 Å². The molecule has 0 radical (unpaired) electrons. The zero-order valence-electron chi connectivity index (χ0n) is 16.4. The first kappa shape index (κ1) is 21.8. The van der Waals surface area contributed by atoms with E-state index in [9.17, 15) is 19.7 Å². The first-order valence-electron chi connectivity index (χ1n) is 9.28. The largest absolute Gasteiger partial charge is 0.452 e. The Morgan fingerprint density at radius 2 is 1.76 bits per heavy atom. The minimum Gasteiger partial charge on any atom is -0.452 e. The molecule has 152 valence electrons. The Kier molecular flexibility index (Phi) is 8.09. The van der Waals surface area contributed by atoms with Crippen molar-refractivity contribution in [2.24, 2.45) is 5.92 Å². The second-order valence-electron chi connectivity index (χ2n) is 6.95. The van der Waals surface area contributed by atoms with Crippen LogP contribution in [0.25, 0.3) is 6.08 Å². The van der Waals surface area contributed by atoms with E-state index in [1.807, 2.05) is 30.3 Å². The average Bonchev–Trinajstić information content (AvgIpc) is 2.71. The van der Waals surface area contributed by atoms with Crippen LogP contribution < -0.4 is 5.32 Å². The van der Waals surface area contributed by atoms with Gasteiger partial charge in [-0.05, 0) is 41.7 Å². The first-order valence-corrected chi connectivity index (χ1v) is 9.28. The van der Waals surface area contributed by atoms with E-state index in [1.165, 1.54) is 36.4 Å². The molecule has 0 heterocycles. The Labute approximate surface area is 169 Å². The number of carbonyl (C=O) groups is 2. The fourth-order valence-corrected chi connectivity index (χ4v) is 2.73. The van der Waals surface area contributed by atoms with Gasteiger partial charge in [0.15, 0.2) is 6.61 Å². The molecule has 7 heteroatoms. The van der Waals surface area contributed by atoms with Gasteiger partial charge in [0.2, 0.25) is 0 Å². The van der Waals surface area contributed by atoms with Crippen molar-refractivity contribution in [2.45, 2.75) is 26.3 Å². The molecular weight excluding hydrogens is 372 g/mol. The average molecular weight is 396 g/mol. The molecule has 0 saturated heterocycles. The smallest absolute Gasteiger partial charge is 0.331 e. The molecule has 0 aliphatic carbocycles. The fraction of sp³-hybridized carbons (Fsp3) is 0.273. The first-order chi connectivity index (χ1) is 13.8. The Balaban J connectivity index is 1.86. The molecule has 0 aliphatic rings. The lowest BCUT2D eigenvalue weighted by atomic mass is 9.97. The molecule has 0 aromatic heterocycles. The third-order valence-electron chi connectivity index (χ3n) is 4.11. The van der Waals surface area contributed by atoms with E-state index in [0.29, 0.717) is 11.5 Å². The zero-order valence-corrected chi connectivity index (χ0v) is 16.4. The van der Waals surface area contributed by atoms with Gasteiger partial charge in [-0.15, -0.1) is 0 Å². The van der Waals surface area contributed by atoms with Crippen molar-refractivity contribution in [2.75, 3.05) is 6.61 Å². The highest BCUT2D eigenvalue weighted by Gasteiger charge is 2.16. The molecule has 1 atom stereocenters. The van der Waals surface area contributed by atoms with Crippen LogP contribution in [-0.2, 0) is 14.3 Å². The van der Waals surface area contributed by atoms with Crippen molar-refractivity contribution in [1.29, 1.82) is 0 Å². The summed E-state index contributed by atoms with van der Waals surface area (Å²) in [5.74, 6) is -0.664. The van der Waals surface area contributed by atoms with Gasteiger partial charge in [0.05, 0.1) is 11.0 Å². The summed E-state index contributed by atoms with van der Waals surface area (Å²) in [4.78, 5) is 34.2. The third-order valence-corrected chi connectivity index (χ3v) is 4.11. The van der Waals surface area contributed by atoms with Crippen LogP contribution in [0.3, 0.4) is 0 Å². The molecule has 7 nitrogen and oxygen atoms in total. The Morgan fingerprint density at radius 1 is 1.10 bits per heavy atom. The lowest BCUT2D eigenvalue weighted by molar-refractivity contribution is -0.384. The molecule has 2 rings (SSSR count). The van der Waals surface area contributed by atoms with E-state index in [0.717, 1.165) is 12.0 Å². The van der Waals surface area contributed by atoms with Crippen LogP contribution in [0.2, 0.25) is 0 Å². The van der Waals surface area contributed by atoms with Gasteiger partial charge in [-0.2, -0.15) is 0 Å². The summed E-state index contributed by atoms with van der Waals surface area (Å²) in [6.07, 6.45) is 3.41. The molecular formula is C22H24N2O5. The van der Waals surface area contributed by atoms with Crippen molar-refractivity contribution in [1.82, 2.24) is 5.32 Å². The number of nitro benzene ring substituents is 1. The van der Waals surface area contributed by atoms with E-state index >= 15 is 0 Å². The lowest BCUT2D eigenvalue weighted by Crippen LogP contribution is -2.33. The second kappa shape index (κ2) is 10.8. The highest BCUT2D eigenvalue weighted by atomic mass is 16.6. The third kappa shape index (κ3) is 7.57. The molecule has 0 spiro atoms. The summed E-state index contributed by atoms with van der Waals surface area (Å²) in [6, 6.07) is 15.2. The number of hydrogen-bond donors (Lipinski definition) is 1. The summed E-state index contributed by atoms with van der Waals surface area (Å²) in [5, 5.41) is 13.5. The van der Waals surface area contributed by atoms with Crippen LogP contribution in [0.5, 0.6) is 0 Å². The molecule has 29 heavy (non-hydrogen) atoms. The predicted molar refractivity (Wildman–Crippen MR) is 110 cm³/mol. The topological polar surface area (TPSA) is 98.5 Å². The SMILES string of the molecule is CC(C)C[C@@H](NC(=O)COC(=O)/C=C/c1ccc([N+](=O)[O-])cc1)c1ccccc1. The number of esters is 1. The van der Waals surface area contributed by atoms with E-state index in [4.69, 9.17) is 4.74 Å². The number of nitrogens with one attached hydrogen (secondary N) is 1. The summed E-state index contributed by atoms with van der Waals surface area (Å²) in [5.41, 5.74) is 1.58. The van der Waals surface area contributed by atoms with Crippen molar-refractivity contribution < 1.29 is 19.2 Å². The highest BCUT2D eigenvalue weighted by molar-refractivity contribution is 5.89.